The van der Waals surface area contributed by atoms with Crippen molar-refractivity contribution in [3.05, 3.63) is 36.6 Å². The van der Waals surface area contributed by atoms with Gasteiger partial charge in [-0.1, -0.05) is 0 Å². The molecule has 0 saturated carbocycles. The van der Waals surface area contributed by atoms with E-state index in [1.165, 1.54) is 20.3 Å². The summed E-state index contributed by atoms with van der Waals surface area (Å²) in [6.07, 6.45) is 5.33. The SMILES string of the molecule is O=[C]=[Mo+2]=[C]=O.[CH2-]SC.c1cc[cH-]c1. The maximum atomic E-state index is 9.08. The van der Waals surface area contributed by atoms with E-state index >= 15 is 0 Å². The van der Waals surface area contributed by atoms with E-state index in [4.69, 9.17) is 9.59 Å². The molecule has 0 bridgehead atoms. The number of carbonyl (C=O) groups excluding carboxylic acids is 2. The summed E-state index contributed by atoms with van der Waals surface area (Å²) in [7, 11) is 0. The van der Waals surface area contributed by atoms with E-state index in [1.54, 1.807) is 0 Å². The average Bonchev–Trinajstić information content (AvgIpc) is 2.64. The van der Waals surface area contributed by atoms with E-state index in [0.717, 1.165) is 0 Å². The standard InChI is InChI=1S/C5H5.C2H5S.2CO.Mo/c1-2-4-5-3-1;1-3-2;2*1-2;/h1-5H;1H2,2H3;;;/q2*-1;;;+2. The van der Waals surface area contributed by atoms with E-state index < -0.39 is 17.6 Å². The summed E-state index contributed by atoms with van der Waals surface area (Å²) in [5.74, 6) is 0. The van der Waals surface area contributed by atoms with Gasteiger partial charge in [0.2, 0.25) is 0 Å². The van der Waals surface area contributed by atoms with Gasteiger partial charge in [0.15, 0.2) is 0 Å². The third-order valence-electron chi connectivity index (χ3n) is 0.639. The third kappa shape index (κ3) is 24.6. The summed E-state index contributed by atoms with van der Waals surface area (Å²) in [5.41, 5.74) is 0. The molecule has 0 aromatic heterocycles. The smallest absolute Gasteiger partial charge is 0.0495 e. The average molecular weight is 278 g/mol. The number of thioether (sulfide) groups is 1. The molecular formula is C9H10MoO2S. The van der Waals surface area contributed by atoms with Crippen LogP contribution in [0.2, 0.25) is 0 Å². The molecule has 13 heavy (non-hydrogen) atoms. The van der Waals surface area contributed by atoms with Crippen LogP contribution in [0, 0.1) is 6.26 Å². The minimum Gasteiger partial charge on any atom is -0.357 e. The van der Waals surface area contributed by atoms with Crippen molar-refractivity contribution < 1.29 is 27.2 Å². The van der Waals surface area contributed by atoms with Crippen molar-refractivity contribution in [3.8, 4) is 0 Å². The van der Waals surface area contributed by atoms with Crippen LogP contribution in [0.15, 0.2) is 30.3 Å². The normalized spacial score (nSPS) is 5.69. The van der Waals surface area contributed by atoms with Crippen molar-refractivity contribution in [2.24, 2.45) is 0 Å². The molecule has 0 amide bonds. The quantitative estimate of drug-likeness (QED) is 0.535. The first-order valence-electron chi connectivity index (χ1n) is 3.18. The Balaban J connectivity index is 0. The Kier molecular flexibility index (Phi) is 20.3. The van der Waals surface area contributed by atoms with Crippen LogP contribution >= 0.6 is 11.8 Å². The Labute approximate surface area is 90.3 Å². The largest absolute Gasteiger partial charge is 0.357 e. The fourth-order valence-corrected chi connectivity index (χ4v) is 0.421. The second-order valence-corrected chi connectivity index (χ2v) is 3.42. The number of rotatable bonds is 0. The minimum absolute atomic E-state index is 1.12. The minimum atomic E-state index is -1.12. The molecule has 0 saturated heterocycles. The Morgan fingerprint density at radius 2 is 1.69 bits per heavy atom. The molecule has 2 nitrogen and oxygen atoms in total. The van der Waals surface area contributed by atoms with Gasteiger partial charge in [0, 0.05) is 0 Å². The maximum Gasteiger partial charge on any atom is -0.0495 e. The first-order chi connectivity index (χ1) is 6.33. The maximum absolute atomic E-state index is 9.08. The molecule has 0 unspecified atom stereocenters. The Morgan fingerprint density at radius 3 is 1.77 bits per heavy atom. The van der Waals surface area contributed by atoms with Crippen LogP contribution in [0.3, 0.4) is 0 Å². The van der Waals surface area contributed by atoms with Gasteiger partial charge in [-0.05, 0) is 6.26 Å². The van der Waals surface area contributed by atoms with Gasteiger partial charge < -0.3 is 11.8 Å². The third-order valence-corrected chi connectivity index (χ3v) is 1.05. The number of hydrogen-bond donors (Lipinski definition) is 0. The Morgan fingerprint density at radius 1 is 1.31 bits per heavy atom. The summed E-state index contributed by atoms with van der Waals surface area (Å²) in [5, 5.41) is 0. The zero-order chi connectivity index (χ0) is 10.4. The molecule has 4 heteroatoms. The van der Waals surface area contributed by atoms with Crippen molar-refractivity contribution in [1.29, 1.82) is 0 Å². The van der Waals surface area contributed by atoms with Gasteiger partial charge in [-0.3, -0.25) is 6.26 Å². The van der Waals surface area contributed by atoms with E-state index in [1.807, 2.05) is 36.6 Å². The van der Waals surface area contributed by atoms with Crippen LogP contribution in [-0.4, -0.2) is 14.8 Å². The molecular weight excluding hydrogens is 268 g/mol. The molecule has 0 N–H and O–H groups in total. The second kappa shape index (κ2) is 17.6. The first kappa shape index (κ1) is 15.0. The van der Waals surface area contributed by atoms with E-state index in [0.29, 0.717) is 0 Å². The van der Waals surface area contributed by atoms with Crippen LogP contribution in [-0.2, 0) is 27.2 Å². The molecule has 0 aliphatic heterocycles. The second-order valence-electron chi connectivity index (χ2n) is 1.52. The van der Waals surface area contributed by atoms with Crippen LogP contribution < -0.4 is 0 Å². The molecule has 1 aromatic rings. The van der Waals surface area contributed by atoms with Gasteiger partial charge >= 0.3 is 35.8 Å². The van der Waals surface area contributed by atoms with Gasteiger partial charge in [0.25, 0.3) is 0 Å². The zero-order valence-electron chi connectivity index (χ0n) is 7.23. The van der Waals surface area contributed by atoms with Crippen molar-refractivity contribution in [2.75, 3.05) is 6.26 Å². The zero-order valence-corrected chi connectivity index (χ0v) is 10.1. The molecule has 1 aromatic carbocycles. The summed E-state index contributed by atoms with van der Waals surface area (Å²) in [6, 6.07) is 10.0. The van der Waals surface area contributed by atoms with E-state index in [9.17, 15) is 0 Å². The Bertz CT molecular complexity index is 237. The summed E-state index contributed by atoms with van der Waals surface area (Å²) in [4.78, 5) is 18.2. The van der Waals surface area contributed by atoms with Crippen LogP contribution in [0.1, 0.15) is 0 Å². The van der Waals surface area contributed by atoms with E-state index in [2.05, 4.69) is 6.26 Å². The first-order valence-corrected chi connectivity index (χ1v) is 6.58. The van der Waals surface area contributed by atoms with Crippen LogP contribution in [0.5, 0.6) is 0 Å². The monoisotopic (exact) mass is 280 g/mol. The summed E-state index contributed by atoms with van der Waals surface area (Å²) >= 11 is 0.382. The molecule has 0 spiro atoms. The van der Waals surface area contributed by atoms with Gasteiger partial charge in [-0.25, -0.2) is 12.1 Å². The molecule has 0 aliphatic carbocycles. The molecule has 0 radical (unpaired) electrons. The van der Waals surface area contributed by atoms with Crippen LogP contribution in [0.25, 0.3) is 0 Å². The fraction of sp³-hybridized carbons (Fsp3) is 0.111. The van der Waals surface area contributed by atoms with Gasteiger partial charge in [0.05, 0.1) is 0 Å². The topological polar surface area (TPSA) is 34.1 Å². The van der Waals surface area contributed by atoms with Gasteiger partial charge in [0.1, 0.15) is 0 Å². The fourth-order valence-electron chi connectivity index (χ4n) is 0.338. The van der Waals surface area contributed by atoms with Crippen molar-refractivity contribution in [1.82, 2.24) is 0 Å². The molecule has 1 rings (SSSR count). The molecule has 0 fully saturated rings. The van der Waals surface area contributed by atoms with Crippen molar-refractivity contribution in [3.63, 3.8) is 0 Å². The molecule has 0 aliphatic rings. The number of hydrogen-bond acceptors (Lipinski definition) is 3. The molecule has 70 valence electrons. The predicted octanol–water partition coefficient (Wildman–Crippen LogP) is 1.75. The summed E-state index contributed by atoms with van der Waals surface area (Å²) in [6.45, 7) is 0. The van der Waals surface area contributed by atoms with Crippen molar-refractivity contribution >= 4 is 20.3 Å². The van der Waals surface area contributed by atoms with Gasteiger partial charge in [-0.2, -0.15) is 18.2 Å². The summed E-state index contributed by atoms with van der Waals surface area (Å²) < 4.78 is 2.95. The van der Waals surface area contributed by atoms with Crippen LogP contribution in [0.4, 0.5) is 0 Å². The van der Waals surface area contributed by atoms with E-state index in [-0.39, 0.29) is 0 Å². The molecule has 0 atom stereocenters. The predicted molar refractivity (Wildman–Crippen MR) is 52.3 cm³/mol. The molecule has 0 heterocycles. The Hall–Kier alpha value is -0.452. The van der Waals surface area contributed by atoms with Gasteiger partial charge in [-0.15, -0.1) is 0 Å². The van der Waals surface area contributed by atoms with Crippen molar-refractivity contribution in [2.45, 2.75) is 0 Å².